The smallest absolute Gasteiger partial charge is 0.242 e. The van der Waals surface area contributed by atoms with Crippen molar-refractivity contribution in [3.05, 3.63) is 54.1 Å². The number of rotatable bonds is 6. The molecule has 2 amide bonds. The number of benzene rings is 2. The number of carbonyl (C=O) groups excluding carboxylic acids is 2. The van der Waals surface area contributed by atoms with Gasteiger partial charge in [0, 0.05) is 5.69 Å². The molecule has 1 saturated heterocycles. The molecule has 0 bridgehead atoms. The van der Waals surface area contributed by atoms with Crippen LogP contribution in [-0.4, -0.2) is 29.6 Å². The van der Waals surface area contributed by atoms with Gasteiger partial charge in [-0.25, -0.2) is 0 Å². The Bertz CT molecular complexity index is 843. The SMILES string of the molecule is CCOc1ccccc1N1C(=O)CS[C@@H]1c1cccc(NC(=O)[C@H](C)Cl)c1. The summed E-state index contributed by atoms with van der Waals surface area (Å²) in [6, 6.07) is 15.0. The van der Waals surface area contributed by atoms with E-state index in [1.165, 1.54) is 0 Å². The fourth-order valence-corrected chi connectivity index (χ4v) is 4.09. The molecule has 2 aromatic rings. The molecule has 0 unspecified atom stereocenters. The number of halogens is 1. The van der Waals surface area contributed by atoms with Gasteiger partial charge < -0.3 is 10.1 Å². The van der Waals surface area contributed by atoms with Crippen molar-refractivity contribution in [1.29, 1.82) is 0 Å². The number of alkyl halides is 1. The van der Waals surface area contributed by atoms with Crippen molar-refractivity contribution < 1.29 is 14.3 Å². The second-order valence-corrected chi connectivity index (χ2v) is 7.78. The van der Waals surface area contributed by atoms with Crippen LogP contribution in [0, 0.1) is 0 Å². The van der Waals surface area contributed by atoms with Gasteiger partial charge in [-0.15, -0.1) is 23.4 Å². The van der Waals surface area contributed by atoms with Crippen LogP contribution in [0.3, 0.4) is 0 Å². The summed E-state index contributed by atoms with van der Waals surface area (Å²) in [5, 5.41) is 1.98. The molecule has 1 fully saturated rings. The fourth-order valence-electron chi connectivity index (χ4n) is 2.88. The maximum absolute atomic E-state index is 12.6. The number of carbonyl (C=O) groups is 2. The van der Waals surface area contributed by atoms with Crippen molar-refractivity contribution in [3.63, 3.8) is 0 Å². The van der Waals surface area contributed by atoms with Gasteiger partial charge in [0.25, 0.3) is 0 Å². The quantitative estimate of drug-likeness (QED) is 0.723. The van der Waals surface area contributed by atoms with Crippen LogP contribution in [0.4, 0.5) is 11.4 Å². The largest absolute Gasteiger partial charge is 0.492 e. The normalized spacial score (nSPS) is 17.7. The van der Waals surface area contributed by atoms with Crippen LogP contribution < -0.4 is 15.0 Å². The molecule has 0 aliphatic carbocycles. The molecule has 142 valence electrons. The molecule has 3 rings (SSSR count). The standard InChI is InChI=1S/C20H21ClN2O3S/c1-3-26-17-10-5-4-9-16(17)23-18(24)12-27-20(23)14-7-6-8-15(11-14)22-19(25)13(2)21/h4-11,13,20H,3,12H2,1-2H3,(H,22,25)/t13-,20+/m0/s1. The number of amides is 2. The Hall–Kier alpha value is -2.18. The number of nitrogens with zero attached hydrogens (tertiary/aromatic N) is 1. The van der Waals surface area contributed by atoms with Gasteiger partial charge in [0.1, 0.15) is 16.5 Å². The van der Waals surface area contributed by atoms with Crippen molar-refractivity contribution in [1.82, 2.24) is 0 Å². The van der Waals surface area contributed by atoms with E-state index >= 15 is 0 Å². The molecule has 2 atom stereocenters. The maximum Gasteiger partial charge on any atom is 0.242 e. The van der Waals surface area contributed by atoms with Crippen LogP contribution in [0.1, 0.15) is 24.8 Å². The molecule has 0 saturated carbocycles. The lowest BCUT2D eigenvalue weighted by atomic mass is 10.1. The highest BCUT2D eigenvalue weighted by atomic mass is 35.5. The molecule has 7 heteroatoms. The van der Waals surface area contributed by atoms with Crippen molar-refractivity contribution in [2.75, 3.05) is 22.6 Å². The van der Waals surface area contributed by atoms with Gasteiger partial charge in [0.05, 0.1) is 18.0 Å². The molecule has 1 N–H and O–H groups in total. The van der Waals surface area contributed by atoms with E-state index < -0.39 is 5.38 Å². The molecule has 0 radical (unpaired) electrons. The summed E-state index contributed by atoms with van der Waals surface area (Å²) in [6.07, 6.45) is 0. The molecule has 1 aliphatic heterocycles. The molecule has 2 aromatic carbocycles. The summed E-state index contributed by atoms with van der Waals surface area (Å²) in [4.78, 5) is 26.3. The zero-order valence-electron chi connectivity index (χ0n) is 15.1. The van der Waals surface area contributed by atoms with Crippen molar-refractivity contribution in [2.45, 2.75) is 24.6 Å². The minimum atomic E-state index is -0.620. The highest BCUT2D eigenvalue weighted by Crippen LogP contribution is 2.45. The van der Waals surface area contributed by atoms with Gasteiger partial charge in [-0.05, 0) is 43.7 Å². The average molecular weight is 405 g/mol. The Morgan fingerprint density at radius 1 is 1.33 bits per heavy atom. The first-order valence-corrected chi connectivity index (χ1v) is 10.2. The van der Waals surface area contributed by atoms with Crippen molar-refractivity contribution in [3.8, 4) is 5.75 Å². The Labute approximate surface area is 168 Å². The van der Waals surface area contributed by atoms with Gasteiger partial charge in [0.15, 0.2) is 0 Å². The first kappa shape index (κ1) is 19.6. The third-order valence-corrected chi connectivity index (χ3v) is 5.50. The second-order valence-electron chi connectivity index (χ2n) is 6.06. The molecular weight excluding hydrogens is 384 g/mol. The number of hydrogen-bond acceptors (Lipinski definition) is 4. The van der Waals surface area contributed by atoms with E-state index in [4.69, 9.17) is 16.3 Å². The van der Waals surface area contributed by atoms with Crippen LogP contribution in [-0.2, 0) is 9.59 Å². The van der Waals surface area contributed by atoms with Crippen LogP contribution >= 0.6 is 23.4 Å². The summed E-state index contributed by atoms with van der Waals surface area (Å²) in [6.45, 7) is 4.06. The van der Waals surface area contributed by atoms with Gasteiger partial charge in [-0.2, -0.15) is 0 Å². The highest BCUT2D eigenvalue weighted by molar-refractivity contribution is 8.00. The van der Waals surface area contributed by atoms with Crippen molar-refractivity contribution >= 4 is 46.6 Å². The average Bonchev–Trinajstić information content (AvgIpc) is 3.04. The number of hydrogen-bond donors (Lipinski definition) is 1. The summed E-state index contributed by atoms with van der Waals surface area (Å²) in [7, 11) is 0. The molecule has 1 heterocycles. The minimum Gasteiger partial charge on any atom is -0.492 e. The van der Waals surface area contributed by atoms with Crippen LogP contribution in [0.5, 0.6) is 5.75 Å². The third-order valence-electron chi connectivity index (χ3n) is 4.09. The molecule has 27 heavy (non-hydrogen) atoms. The van der Waals surface area contributed by atoms with Gasteiger partial charge in [-0.1, -0.05) is 24.3 Å². The Morgan fingerprint density at radius 3 is 2.85 bits per heavy atom. The lowest BCUT2D eigenvalue weighted by Crippen LogP contribution is -2.28. The number of para-hydroxylation sites is 2. The number of nitrogens with one attached hydrogen (secondary N) is 1. The molecule has 1 aliphatic rings. The summed E-state index contributed by atoms with van der Waals surface area (Å²) < 4.78 is 5.71. The lowest BCUT2D eigenvalue weighted by Gasteiger charge is -2.26. The number of thioether (sulfide) groups is 1. The minimum absolute atomic E-state index is 0.0287. The van der Waals surface area contributed by atoms with E-state index in [0.29, 0.717) is 23.8 Å². The van der Waals surface area contributed by atoms with Crippen LogP contribution in [0.25, 0.3) is 0 Å². The Balaban J connectivity index is 1.92. The highest BCUT2D eigenvalue weighted by Gasteiger charge is 2.35. The summed E-state index contributed by atoms with van der Waals surface area (Å²) in [5.74, 6) is 0.838. The zero-order valence-corrected chi connectivity index (χ0v) is 16.7. The van der Waals surface area contributed by atoms with E-state index in [0.717, 1.165) is 11.3 Å². The summed E-state index contributed by atoms with van der Waals surface area (Å²) >= 11 is 7.38. The predicted octanol–water partition coefficient (Wildman–Crippen LogP) is 4.43. The molecule has 0 spiro atoms. The fraction of sp³-hybridized carbons (Fsp3) is 0.300. The van der Waals surface area contributed by atoms with E-state index in [9.17, 15) is 9.59 Å². The first-order valence-electron chi connectivity index (χ1n) is 8.71. The number of ether oxygens (including phenoxy) is 1. The third kappa shape index (κ3) is 4.39. The predicted molar refractivity (Wildman–Crippen MR) is 111 cm³/mol. The van der Waals surface area contributed by atoms with E-state index in [1.807, 2.05) is 49.4 Å². The monoisotopic (exact) mass is 404 g/mol. The van der Waals surface area contributed by atoms with Crippen LogP contribution in [0.2, 0.25) is 0 Å². The van der Waals surface area contributed by atoms with E-state index in [2.05, 4.69) is 5.32 Å². The summed E-state index contributed by atoms with van der Waals surface area (Å²) in [5.41, 5.74) is 2.34. The van der Waals surface area contributed by atoms with Gasteiger partial charge >= 0.3 is 0 Å². The first-order chi connectivity index (χ1) is 13.0. The zero-order chi connectivity index (χ0) is 19.4. The van der Waals surface area contributed by atoms with Gasteiger partial charge in [-0.3, -0.25) is 14.5 Å². The number of anilines is 2. The maximum atomic E-state index is 12.6. The topological polar surface area (TPSA) is 58.6 Å². The van der Waals surface area contributed by atoms with E-state index in [1.54, 1.807) is 29.7 Å². The second kappa shape index (κ2) is 8.67. The van der Waals surface area contributed by atoms with Crippen LogP contribution in [0.15, 0.2) is 48.5 Å². The van der Waals surface area contributed by atoms with Crippen molar-refractivity contribution in [2.24, 2.45) is 0 Å². The lowest BCUT2D eigenvalue weighted by molar-refractivity contribution is -0.116. The Morgan fingerprint density at radius 2 is 2.11 bits per heavy atom. The molecule has 0 aromatic heterocycles. The molecule has 5 nitrogen and oxygen atoms in total. The van der Waals surface area contributed by atoms with E-state index in [-0.39, 0.29) is 17.2 Å². The van der Waals surface area contributed by atoms with Gasteiger partial charge in [0.2, 0.25) is 11.8 Å². The molecular formula is C20H21ClN2O3S. The Kier molecular flexibility index (Phi) is 6.29.